The summed E-state index contributed by atoms with van der Waals surface area (Å²) in [6.07, 6.45) is 2.55. The Kier molecular flexibility index (Phi) is 6.45. The lowest BCUT2D eigenvalue weighted by molar-refractivity contribution is 0.102. The number of anilines is 1. The molecule has 6 nitrogen and oxygen atoms in total. The van der Waals surface area contributed by atoms with Crippen molar-refractivity contribution in [1.29, 1.82) is 0 Å². The van der Waals surface area contributed by atoms with Gasteiger partial charge >= 0.3 is 0 Å². The number of piperidine rings is 1. The number of carbonyl (C=O) groups is 1. The van der Waals surface area contributed by atoms with Crippen LogP contribution in [-0.4, -0.2) is 38.3 Å². The van der Waals surface area contributed by atoms with E-state index >= 15 is 0 Å². The minimum absolute atomic E-state index is 0.0569. The maximum absolute atomic E-state index is 13.3. The van der Waals surface area contributed by atoms with E-state index in [0.29, 0.717) is 12.2 Å². The van der Waals surface area contributed by atoms with E-state index in [9.17, 15) is 17.6 Å². The highest BCUT2D eigenvalue weighted by atomic mass is 35.5. The molecule has 9 heteroatoms. The fraction of sp³-hybridized carbons (Fsp3) is 0.350. The van der Waals surface area contributed by atoms with Crippen molar-refractivity contribution in [3.8, 4) is 5.75 Å². The molecule has 2 aromatic carbocycles. The molecule has 1 aliphatic heterocycles. The highest BCUT2D eigenvalue weighted by Crippen LogP contribution is 2.32. The summed E-state index contributed by atoms with van der Waals surface area (Å²) in [5.74, 6) is -0.972. The summed E-state index contributed by atoms with van der Waals surface area (Å²) in [5.41, 5.74) is 0.431. The molecule has 29 heavy (non-hydrogen) atoms. The lowest BCUT2D eigenvalue weighted by atomic mass is 10.1. The molecule has 0 unspecified atom stereocenters. The van der Waals surface area contributed by atoms with Crippen LogP contribution >= 0.6 is 11.6 Å². The number of methoxy groups -OCH3 is 1. The second kappa shape index (κ2) is 8.69. The van der Waals surface area contributed by atoms with Crippen molar-refractivity contribution in [3.63, 3.8) is 0 Å². The van der Waals surface area contributed by atoms with Crippen LogP contribution in [0.15, 0.2) is 41.3 Å². The van der Waals surface area contributed by atoms with E-state index in [-0.39, 0.29) is 27.3 Å². The number of hydrogen-bond acceptors (Lipinski definition) is 4. The van der Waals surface area contributed by atoms with Gasteiger partial charge in [0.25, 0.3) is 5.91 Å². The number of ether oxygens (including phenoxy) is 1. The molecule has 1 fully saturated rings. The summed E-state index contributed by atoms with van der Waals surface area (Å²) in [5, 5.41) is 2.47. The fourth-order valence-electron chi connectivity index (χ4n) is 3.35. The van der Waals surface area contributed by atoms with Gasteiger partial charge in [-0.2, -0.15) is 4.31 Å². The van der Waals surface area contributed by atoms with Crippen LogP contribution in [0.2, 0.25) is 5.02 Å². The van der Waals surface area contributed by atoms with E-state index in [1.165, 1.54) is 41.7 Å². The first kappa shape index (κ1) is 21.5. The molecule has 1 aliphatic rings. The first-order valence-electron chi connectivity index (χ1n) is 9.20. The average molecular weight is 441 g/mol. The molecule has 1 saturated heterocycles. The highest BCUT2D eigenvalue weighted by Gasteiger charge is 2.33. The zero-order valence-electron chi connectivity index (χ0n) is 16.1. The molecule has 0 saturated carbocycles. The van der Waals surface area contributed by atoms with Gasteiger partial charge in [-0.05, 0) is 56.2 Å². The number of nitrogens with zero attached hydrogens (tertiary/aromatic N) is 1. The van der Waals surface area contributed by atoms with Crippen molar-refractivity contribution in [1.82, 2.24) is 4.31 Å². The lowest BCUT2D eigenvalue weighted by Gasteiger charge is -2.32. The molecule has 0 bridgehead atoms. The molecule has 1 N–H and O–H groups in total. The van der Waals surface area contributed by atoms with E-state index in [1.807, 2.05) is 6.92 Å². The van der Waals surface area contributed by atoms with Crippen molar-refractivity contribution in [2.75, 3.05) is 19.0 Å². The number of carbonyl (C=O) groups excluding carboxylic acids is 1. The van der Waals surface area contributed by atoms with Crippen LogP contribution < -0.4 is 10.1 Å². The average Bonchev–Trinajstić information content (AvgIpc) is 2.70. The molecule has 0 aliphatic carbocycles. The van der Waals surface area contributed by atoms with Crippen molar-refractivity contribution in [3.05, 3.63) is 52.8 Å². The van der Waals surface area contributed by atoms with Crippen molar-refractivity contribution < 1.29 is 22.3 Å². The third-order valence-corrected chi connectivity index (χ3v) is 7.26. The molecule has 156 valence electrons. The van der Waals surface area contributed by atoms with Gasteiger partial charge in [-0.3, -0.25) is 4.79 Å². The summed E-state index contributed by atoms with van der Waals surface area (Å²) in [6.45, 7) is 2.30. The van der Waals surface area contributed by atoms with Gasteiger partial charge < -0.3 is 10.1 Å². The summed E-state index contributed by atoms with van der Waals surface area (Å²) in [6, 6.07) is 7.89. The molecule has 1 heterocycles. The largest absolute Gasteiger partial charge is 0.495 e. The number of nitrogens with one attached hydrogen (secondary N) is 1. The standard InChI is InChI=1S/C20H22ClFN2O4S/c1-13-5-3-4-10-24(13)29(26,27)19-11-14(6-9-18(19)28-2)20(25)23-15-7-8-17(22)16(21)12-15/h6-9,11-13H,3-5,10H2,1-2H3,(H,23,25)/t13-/m0/s1. The summed E-state index contributed by atoms with van der Waals surface area (Å²) in [7, 11) is -2.45. The maximum atomic E-state index is 13.3. The Bertz CT molecular complexity index is 1030. The predicted octanol–water partition coefficient (Wildman–Crippen LogP) is 4.30. The zero-order valence-corrected chi connectivity index (χ0v) is 17.7. The molecular formula is C20H22ClFN2O4S. The first-order chi connectivity index (χ1) is 13.7. The van der Waals surface area contributed by atoms with Crippen LogP contribution in [0.3, 0.4) is 0 Å². The minimum Gasteiger partial charge on any atom is -0.495 e. The predicted molar refractivity (Wildman–Crippen MR) is 110 cm³/mol. The van der Waals surface area contributed by atoms with E-state index < -0.39 is 21.7 Å². The zero-order chi connectivity index (χ0) is 21.2. The van der Waals surface area contributed by atoms with Gasteiger partial charge in [0.15, 0.2) is 0 Å². The number of amides is 1. The van der Waals surface area contributed by atoms with Crippen LogP contribution in [0.5, 0.6) is 5.75 Å². The van der Waals surface area contributed by atoms with E-state index in [0.717, 1.165) is 25.3 Å². The Labute approximate surface area is 174 Å². The van der Waals surface area contributed by atoms with Gasteiger partial charge in [0, 0.05) is 23.8 Å². The third-order valence-electron chi connectivity index (χ3n) is 4.93. The van der Waals surface area contributed by atoms with E-state index in [1.54, 1.807) is 0 Å². The summed E-state index contributed by atoms with van der Waals surface area (Å²) >= 11 is 5.74. The van der Waals surface area contributed by atoms with Gasteiger partial charge in [-0.1, -0.05) is 18.0 Å². The Hall–Kier alpha value is -2.16. The Morgan fingerprint density at radius 3 is 2.66 bits per heavy atom. The molecule has 1 atom stereocenters. The molecule has 0 radical (unpaired) electrons. The smallest absolute Gasteiger partial charge is 0.255 e. The number of hydrogen-bond donors (Lipinski definition) is 1. The van der Waals surface area contributed by atoms with Gasteiger partial charge in [0.2, 0.25) is 10.0 Å². The Morgan fingerprint density at radius 2 is 2.00 bits per heavy atom. The molecule has 0 aromatic heterocycles. The molecule has 2 aromatic rings. The normalized spacial score (nSPS) is 17.7. The summed E-state index contributed by atoms with van der Waals surface area (Å²) in [4.78, 5) is 12.6. The second-order valence-corrected chi connectivity index (χ2v) is 9.18. The van der Waals surface area contributed by atoms with Crippen LogP contribution in [-0.2, 0) is 10.0 Å². The van der Waals surface area contributed by atoms with Crippen LogP contribution in [0.1, 0.15) is 36.5 Å². The molecule has 3 rings (SSSR count). The lowest BCUT2D eigenvalue weighted by Crippen LogP contribution is -2.42. The van der Waals surface area contributed by atoms with Gasteiger partial charge in [0.1, 0.15) is 16.5 Å². The second-order valence-electron chi connectivity index (χ2n) is 6.91. The fourth-order valence-corrected chi connectivity index (χ4v) is 5.42. The third kappa shape index (κ3) is 4.55. The van der Waals surface area contributed by atoms with Crippen molar-refractivity contribution >= 4 is 33.2 Å². The van der Waals surface area contributed by atoms with Crippen LogP contribution in [0, 0.1) is 5.82 Å². The van der Waals surface area contributed by atoms with Crippen molar-refractivity contribution in [2.45, 2.75) is 37.1 Å². The quantitative estimate of drug-likeness (QED) is 0.751. The topological polar surface area (TPSA) is 75.7 Å². The number of sulfonamides is 1. The maximum Gasteiger partial charge on any atom is 0.255 e. The number of halogens is 2. The molecular weight excluding hydrogens is 419 g/mol. The van der Waals surface area contributed by atoms with Crippen LogP contribution in [0.25, 0.3) is 0 Å². The monoisotopic (exact) mass is 440 g/mol. The Balaban J connectivity index is 1.94. The minimum atomic E-state index is -3.84. The van der Waals surface area contributed by atoms with Gasteiger partial charge in [-0.15, -0.1) is 0 Å². The molecule has 1 amide bonds. The highest BCUT2D eigenvalue weighted by molar-refractivity contribution is 7.89. The SMILES string of the molecule is COc1ccc(C(=O)Nc2ccc(F)c(Cl)c2)cc1S(=O)(=O)N1CCCC[C@@H]1C. The van der Waals surface area contributed by atoms with Crippen molar-refractivity contribution in [2.24, 2.45) is 0 Å². The van der Waals surface area contributed by atoms with Crippen LogP contribution in [0.4, 0.5) is 10.1 Å². The van der Waals surface area contributed by atoms with Gasteiger partial charge in [-0.25, -0.2) is 12.8 Å². The Morgan fingerprint density at radius 1 is 1.24 bits per heavy atom. The van der Waals surface area contributed by atoms with E-state index in [2.05, 4.69) is 5.32 Å². The molecule has 0 spiro atoms. The number of rotatable bonds is 5. The van der Waals surface area contributed by atoms with Gasteiger partial charge in [0.05, 0.1) is 12.1 Å². The van der Waals surface area contributed by atoms with E-state index in [4.69, 9.17) is 16.3 Å². The number of benzene rings is 2. The first-order valence-corrected chi connectivity index (χ1v) is 11.0. The summed E-state index contributed by atoms with van der Waals surface area (Å²) < 4.78 is 46.5.